The summed E-state index contributed by atoms with van der Waals surface area (Å²) < 4.78 is 4.90. The summed E-state index contributed by atoms with van der Waals surface area (Å²) in [5, 5.41) is 0. The van der Waals surface area contributed by atoms with Crippen molar-refractivity contribution in [1.29, 1.82) is 0 Å². The third kappa shape index (κ3) is 5.52. The predicted molar refractivity (Wildman–Crippen MR) is 88.9 cm³/mol. The van der Waals surface area contributed by atoms with Crippen molar-refractivity contribution in [2.24, 2.45) is 0 Å². The summed E-state index contributed by atoms with van der Waals surface area (Å²) >= 11 is 0. The minimum absolute atomic E-state index is 0.168. The molecule has 0 aromatic heterocycles. The summed E-state index contributed by atoms with van der Waals surface area (Å²) in [5.74, 6) is 0.769. The van der Waals surface area contributed by atoms with Gasteiger partial charge in [-0.3, -0.25) is 9.59 Å². The Morgan fingerprint density at radius 2 is 1.18 bits per heavy atom. The Bertz CT molecular complexity index is 590. The normalized spacial score (nSPS) is 10.2. The van der Waals surface area contributed by atoms with Crippen LogP contribution in [0.2, 0.25) is 0 Å². The van der Waals surface area contributed by atoms with Gasteiger partial charge < -0.3 is 4.74 Å². The van der Waals surface area contributed by atoms with Crippen molar-refractivity contribution >= 4 is 12.6 Å². The molecule has 0 unspecified atom stereocenters. The highest BCUT2D eigenvalue weighted by atomic mass is 16.5. The lowest BCUT2D eigenvalue weighted by Gasteiger charge is -2.18. The third-order valence-corrected chi connectivity index (χ3v) is 3.16. The molecule has 3 heteroatoms. The Labute approximate surface area is 131 Å². The average Bonchev–Trinajstić information content (AvgIpc) is 2.55. The SMILES string of the molecule is CC(C)(C)c1ccc(C=O)cc1.COc1ccc(C=O)cc1. The molecule has 0 aliphatic carbocycles. The number of aldehydes is 2. The molecule has 3 nitrogen and oxygen atoms in total. The molecule has 0 N–H and O–H groups in total. The van der Waals surface area contributed by atoms with E-state index in [2.05, 4.69) is 20.8 Å². The minimum Gasteiger partial charge on any atom is -0.497 e. The smallest absolute Gasteiger partial charge is 0.150 e. The van der Waals surface area contributed by atoms with Crippen LogP contribution in [0.4, 0.5) is 0 Å². The van der Waals surface area contributed by atoms with Gasteiger partial charge in [-0.1, -0.05) is 45.0 Å². The van der Waals surface area contributed by atoms with Crippen molar-refractivity contribution in [1.82, 2.24) is 0 Å². The first-order valence-electron chi connectivity index (χ1n) is 7.05. The van der Waals surface area contributed by atoms with E-state index in [1.807, 2.05) is 24.3 Å². The number of hydrogen-bond donors (Lipinski definition) is 0. The minimum atomic E-state index is 0.168. The maximum absolute atomic E-state index is 10.4. The van der Waals surface area contributed by atoms with Crippen LogP contribution in [-0.4, -0.2) is 19.7 Å². The van der Waals surface area contributed by atoms with Crippen LogP contribution in [0, 0.1) is 0 Å². The number of carbonyl (C=O) groups is 2. The van der Waals surface area contributed by atoms with E-state index in [4.69, 9.17) is 4.74 Å². The lowest BCUT2D eigenvalue weighted by Crippen LogP contribution is -2.10. The van der Waals surface area contributed by atoms with Gasteiger partial charge in [0.2, 0.25) is 0 Å². The van der Waals surface area contributed by atoms with Crippen molar-refractivity contribution in [2.75, 3.05) is 7.11 Å². The van der Waals surface area contributed by atoms with E-state index in [0.717, 1.165) is 23.9 Å². The van der Waals surface area contributed by atoms with Gasteiger partial charge in [0.05, 0.1) is 7.11 Å². The molecular weight excluding hydrogens is 276 g/mol. The molecule has 0 amide bonds. The third-order valence-electron chi connectivity index (χ3n) is 3.16. The van der Waals surface area contributed by atoms with Crippen molar-refractivity contribution in [3.05, 3.63) is 65.2 Å². The molecule has 22 heavy (non-hydrogen) atoms. The van der Waals surface area contributed by atoms with Crippen LogP contribution in [-0.2, 0) is 5.41 Å². The van der Waals surface area contributed by atoms with Crippen molar-refractivity contribution in [2.45, 2.75) is 26.2 Å². The maximum Gasteiger partial charge on any atom is 0.150 e. The Morgan fingerprint density at radius 3 is 1.50 bits per heavy atom. The molecule has 2 aromatic carbocycles. The largest absolute Gasteiger partial charge is 0.497 e. The predicted octanol–water partition coefficient (Wildman–Crippen LogP) is 4.30. The van der Waals surface area contributed by atoms with Gasteiger partial charge in [-0.25, -0.2) is 0 Å². The van der Waals surface area contributed by atoms with Crippen molar-refractivity contribution < 1.29 is 14.3 Å². The molecule has 116 valence electrons. The number of benzene rings is 2. The van der Waals surface area contributed by atoms with E-state index >= 15 is 0 Å². The molecule has 0 heterocycles. The molecule has 2 aromatic rings. The lowest BCUT2D eigenvalue weighted by atomic mass is 9.87. The van der Waals surface area contributed by atoms with Crippen LogP contribution in [0.25, 0.3) is 0 Å². The first-order chi connectivity index (χ1) is 10.4. The zero-order valence-electron chi connectivity index (χ0n) is 13.5. The highest BCUT2D eigenvalue weighted by molar-refractivity contribution is 5.75. The highest BCUT2D eigenvalue weighted by Gasteiger charge is 2.12. The Morgan fingerprint density at radius 1 is 0.773 bits per heavy atom. The van der Waals surface area contributed by atoms with Gasteiger partial charge in [0, 0.05) is 11.1 Å². The van der Waals surface area contributed by atoms with E-state index < -0.39 is 0 Å². The average molecular weight is 298 g/mol. The fourth-order valence-electron chi connectivity index (χ4n) is 1.74. The second-order valence-corrected chi connectivity index (χ2v) is 5.88. The van der Waals surface area contributed by atoms with Gasteiger partial charge in [-0.2, -0.15) is 0 Å². The first-order valence-corrected chi connectivity index (χ1v) is 7.05. The van der Waals surface area contributed by atoms with E-state index in [9.17, 15) is 9.59 Å². The molecule has 2 rings (SSSR count). The number of ether oxygens (including phenoxy) is 1. The molecule has 0 saturated heterocycles. The van der Waals surface area contributed by atoms with Crippen LogP contribution in [0.5, 0.6) is 5.75 Å². The molecule has 0 aliphatic heterocycles. The number of carbonyl (C=O) groups excluding carboxylic acids is 2. The molecule has 0 radical (unpaired) electrons. The molecule has 0 atom stereocenters. The second kappa shape index (κ2) is 8.13. The number of hydrogen-bond acceptors (Lipinski definition) is 3. The molecule has 0 spiro atoms. The topological polar surface area (TPSA) is 43.4 Å². The van der Waals surface area contributed by atoms with Gasteiger partial charge in [-0.15, -0.1) is 0 Å². The lowest BCUT2D eigenvalue weighted by molar-refractivity contribution is 0.111. The Balaban J connectivity index is 0.000000224. The molecule has 0 aliphatic rings. The van der Waals surface area contributed by atoms with Crippen molar-refractivity contribution in [3.63, 3.8) is 0 Å². The summed E-state index contributed by atoms with van der Waals surface area (Å²) in [6, 6.07) is 14.7. The molecule has 0 fully saturated rings. The van der Waals surface area contributed by atoms with Crippen molar-refractivity contribution in [3.8, 4) is 5.75 Å². The molecule has 0 saturated carbocycles. The maximum atomic E-state index is 10.4. The summed E-state index contributed by atoms with van der Waals surface area (Å²) in [7, 11) is 1.59. The van der Waals surface area contributed by atoms with Crippen LogP contribution in [0.3, 0.4) is 0 Å². The molecular formula is C19H22O3. The Hall–Kier alpha value is -2.42. The standard InChI is InChI=1S/C11H14O.C8H8O2/c1-11(2,3)10-6-4-9(8-12)5-7-10;1-10-8-4-2-7(6-9)3-5-8/h4-8H,1-3H3;2-6H,1H3. The summed E-state index contributed by atoms with van der Waals surface area (Å²) in [6.07, 6.45) is 1.67. The monoisotopic (exact) mass is 298 g/mol. The first kappa shape index (κ1) is 17.6. The van der Waals surface area contributed by atoms with Gasteiger partial charge in [0.25, 0.3) is 0 Å². The van der Waals surface area contributed by atoms with Gasteiger partial charge in [0.1, 0.15) is 18.3 Å². The second-order valence-electron chi connectivity index (χ2n) is 5.88. The highest BCUT2D eigenvalue weighted by Crippen LogP contribution is 2.21. The van der Waals surface area contributed by atoms with E-state index in [1.165, 1.54) is 5.56 Å². The number of methoxy groups -OCH3 is 1. The summed E-state index contributed by atoms with van der Waals surface area (Å²) in [6.45, 7) is 6.47. The quantitative estimate of drug-likeness (QED) is 0.793. The Kier molecular flexibility index (Phi) is 6.51. The van der Waals surface area contributed by atoms with Gasteiger partial charge in [0.15, 0.2) is 0 Å². The van der Waals surface area contributed by atoms with E-state index in [-0.39, 0.29) is 5.41 Å². The number of rotatable bonds is 3. The van der Waals surface area contributed by atoms with Gasteiger partial charge >= 0.3 is 0 Å². The van der Waals surface area contributed by atoms with Crippen LogP contribution < -0.4 is 4.74 Å². The van der Waals surface area contributed by atoms with E-state index in [1.54, 1.807) is 31.4 Å². The van der Waals surface area contributed by atoms with Crippen LogP contribution in [0.1, 0.15) is 47.1 Å². The van der Waals surface area contributed by atoms with E-state index in [0.29, 0.717) is 5.56 Å². The van der Waals surface area contributed by atoms with Crippen LogP contribution >= 0.6 is 0 Å². The zero-order chi connectivity index (χ0) is 16.6. The summed E-state index contributed by atoms with van der Waals surface area (Å²) in [5.41, 5.74) is 2.83. The fourth-order valence-corrected chi connectivity index (χ4v) is 1.74. The van der Waals surface area contributed by atoms with Gasteiger partial charge in [-0.05, 0) is 35.2 Å². The molecule has 0 bridgehead atoms. The zero-order valence-corrected chi connectivity index (χ0v) is 13.5. The van der Waals surface area contributed by atoms with Crippen LogP contribution in [0.15, 0.2) is 48.5 Å². The fraction of sp³-hybridized carbons (Fsp3) is 0.263. The summed E-state index contributed by atoms with van der Waals surface area (Å²) in [4.78, 5) is 20.5.